The first-order valence-electron chi connectivity index (χ1n) is 6.33. The predicted octanol–water partition coefficient (Wildman–Crippen LogP) is 3.38. The lowest BCUT2D eigenvalue weighted by molar-refractivity contribution is 0.0951. The molecule has 1 heterocycles. The summed E-state index contributed by atoms with van der Waals surface area (Å²) >= 11 is 11.8. The SMILES string of the molecule is CN(C)c1cc(C(=O)NCc2ccc(Cl)cc2)cc(Cl)n1. The summed E-state index contributed by atoms with van der Waals surface area (Å²) in [5.74, 6) is 0.441. The third-order valence-electron chi connectivity index (χ3n) is 2.87. The van der Waals surface area contributed by atoms with Gasteiger partial charge in [-0.3, -0.25) is 4.79 Å². The average molecular weight is 324 g/mol. The van der Waals surface area contributed by atoms with Gasteiger partial charge >= 0.3 is 0 Å². The number of nitrogens with zero attached hydrogens (tertiary/aromatic N) is 2. The van der Waals surface area contributed by atoms with E-state index in [2.05, 4.69) is 10.3 Å². The predicted molar refractivity (Wildman–Crippen MR) is 86.2 cm³/mol. The van der Waals surface area contributed by atoms with E-state index in [1.807, 2.05) is 26.2 Å². The molecule has 0 saturated heterocycles. The topological polar surface area (TPSA) is 45.2 Å². The second-order valence-corrected chi connectivity index (χ2v) is 5.56. The van der Waals surface area contributed by atoms with Crippen molar-refractivity contribution in [2.45, 2.75) is 6.54 Å². The fourth-order valence-corrected chi connectivity index (χ4v) is 2.06. The van der Waals surface area contributed by atoms with E-state index in [9.17, 15) is 4.79 Å². The Labute approximate surface area is 133 Å². The van der Waals surface area contributed by atoms with Gasteiger partial charge in [0, 0.05) is 31.2 Å². The standard InChI is InChI=1S/C15H15Cl2N3O/c1-20(2)14-8-11(7-13(17)19-14)15(21)18-9-10-3-5-12(16)6-4-10/h3-8H,9H2,1-2H3,(H,18,21). The van der Waals surface area contributed by atoms with Crippen LogP contribution in [0.15, 0.2) is 36.4 Å². The maximum atomic E-state index is 12.2. The number of anilines is 1. The number of amides is 1. The molecule has 0 atom stereocenters. The first kappa shape index (κ1) is 15.6. The van der Waals surface area contributed by atoms with E-state index < -0.39 is 0 Å². The lowest BCUT2D eigenvalue weighted by atomic mass is 10.2. The van der Waals surface area contributed by atoms with E-state index in [1.54, 1.807) is 29.2 Å². The highest BCUT2D eigenvalue weighted by atomic mass is 35.5. The summed E-state index contributed by atoms with van der Waals surface area (Å²) in [5.41, 5.74) is 1.45. The molecule has 21 heavy (non-hydrogen) atoms. The van der Waals surface area contributed by atoms with Crippen molar-refractivity contribution in [1.29, 1.82) is 0 Å². The zero-order chi connectivity index (χ0) is 15.4. The van der Waals surface area contributed by atoms with Crippen LogP contribution in [0.4, 0.5) is 5.82 Å². The number of hydrogen-bond donors (Lipinski definition) is 1. The molecule has 0 spiro atoms. The molecule has 2 rings (SSSR count). The van der Waals surface area contributed by atoms with Gasteiger partial charge in [0.1, 0.15) is 11.0 Å². The number of aromatic nitrogens is 1. The van der Waals surface area contributed by atoms with E-state index in [4.69, 9.17) is 23.2 Å². The Hall–Kier alpha value is -1.78. The van der Waals surface area contributed by atoms with Gasteiger partial charge < -0.3 is 10.2 Å². The van der Waals surface area contributed by atoms with E-state index in [0.29, 0.717) is 22.9 Å². The van der Waals surface area contributed by atoms with Crippen molar-refractivity contribution in [3.63, 3.8) is 0 Å². The van der Waals surface area contributed by atoms with Crippen LogP contribution in [-0.2, 0) is 6.54 Å². The Balaban J connectivity index is 2.08. The first-order valence-corrected chi connectivity index (χ1v) is 7.09. The minimum absolute atomic E-state index is 0.197. The number of pyridine rings is 1. The van der Waals surface area contributed by atoms with Crippen molar-refractivity contribution in [3.05, 3.63) is 57.7 Å². The molecule has 2 aromatic rings. The monoisotopic (exact) mass is 323 g/mol. The van der Waals surface area contributed by atoms with Gasteiger partial charge in [-0.25, -0.2) is 4.98 Å². The van der Waals surface area contributed by atoms with E-state index >= 15 is 0 Å². The molecular formula is C15H15Cl2N3O. The number of nitrogens with one attached hydrogen (secondary N) is 1. The summed E-state index contributed by atoms with van der Waals surface area (Å²) in [4.78, 5) is 18.1. The normalized spacial score (nSPS) is 10.3. The quantitative estimate of drug-likeness (QED) is 0.877. The molecule has 1 aromatic heterocycles. The summed E-state index contributed by atoms with van der Waals surface area (Å²) in [6.07, 6.45) is 0. The van der Waals surface area contributed by atoms with Gasteiger partial charge in [0.25, 0.3) is 5.91 Å². The smallest absolute Gasteiger partial charge is 0.251 e. The molecule has 0 aliphatic heterocycles. The second-order valence-electron chi connectivity index (χ2n) is 4.74. The van der Waals surface area contributed by atoms with Crippen LogP contribution in [0.1, 0.15) is 15.9 Å². The van der Waals surface area contributed by atoms with Crippen LogP contribution in [0, 0.1) is 0 Å². The van der Waals surface area contributed by atoms with Crippen LogP contribution < -0.4 is 10.2 Å². The van der Waals surface area contributed by atoms with Gasteiger partial charge in [0.2, 0.25) is 0 Å². The van der Waals surface area contributed by atoms with Crippen molar-refractivity contribution in [1.82, 2.24) is 10.3 Å². The number of benzene rings is 1. The molecule has 0 saturated carbocycles. The molecule has 1 amide bonds. The lowest BCUT2D eigenvalue weighted by Crippen LogP contribution is -2.23. The maximum absolute atomic E-state index is 12.2. The van der Waals surface area contributed by atoms with Crippen molar-refractivity contribution in [3.8, 4) is 0 Å². The van der Waals surface area contributed by atoms with E-state index in [1.165, 1.54) is 0 Å². The van der Waals surface area contributed by atoms with E-state index in [0.717, 1.165) is 5.56 Å². The van der Waals surface area contributed by atoms with Gasteiger partial charge in [-0.1, -0.05) is 35.3 Å². The fraction of sp³-hybridized carbons (Fsp3) is 0.200. The van der Waals surface area contributed by atoms with Crippen molar-refractivity contribution in [2.24, 2.45) is 0 Å². The highest BCUT2D eigenvalue weighted by Crippen LogP contribution is 2.16. The molecule has 110 valence electrons. The number of carbonyl (C=O) groups is 1. The number of halogens is 2. The van der Waals surface area contributed by atoms with Gasteiger partial charge in [-0.05, 0) is 29.8 Å². The van der Waals surface area contributed by atoms with Crippen molar-refractivity contribution < 1.29 is 4.79 Å². The summed E-state index contributed by atoms with van der Waals surface area (Å²) < 4.78 is 0. The Morgan fingerprint density at radius 1 is 1.19 bits per heavy atom. The summed E-state index contributed by atoms with van der Waals surface area (Å²) in [5, 5.41) is 3.80. The Morgan fingerprint density at radius 2 is 1.86 bits per heavy atom. The minimum atomic E-state index is -0.197. The lowest BCUT2D eigenvalue weighted by Gasteiger charge is -2.13. The third-order valence-corrected chi connectivity index (χ3v) is 3.31. The van der Waals surface area contributed by atoms with Gasteiger partial charge in [-0.15, -0.1) is 0 Å². The molecule has 0 aliphatic carbocycles. The summed E-state index contributed by atoms with van der Waals surface area (Å²) in [6, 6.07) is 10.6. The molecule has 0 aliphatic rings. The Bertz CT molecular complexity index is 642. The molecule has 0 fully saturated rings. The van der Waals surface area contributed by atoms with Crippen LogP contribution in [0.5, 0.6) is 0 Å². The molecule has 0 radical (unpaired) electrons. The Kier molecular flexibility index (Phi) is 5.04. The number of carbonyl (C=O) groups excluding carboxylic acids is 1. The van der Waals surface area contributed by atoms with Crippen LogP contribution in [0.3, 0.4) is 0 Å². The second kappa shape index (κ2) is 6.78. The third kappa shape index (κ3) is 4.34. The molecule has 6 heteroatoms. The van der Waals surface area contributed by atoms with Gasteiger partial charge in [0.05, 0.1) is 0 Å². The molecule has 1 N–H and O–H groups in total. The molecular weight excluding hydrogens is 309 g/mol. The van der Waals surface area contributed by atoms with Gasteiger partial charge in [0.15, 0.2) is 0 Å². The average Bonchev–Trinajstić information content (AvgIpc) is 2.45. The number of rotatable bonds is 4. The summed E-state index contributed by atoms with van der Waals surface area (Å²) in [6.45, 7) is 0.424. The van der Waals surface area contributed by atoms with Crippen LogP contribution in [-0.4, -0.2) is 25.0 Å². The molecule has 4 nitrogen and oxygen atoms in total. The van der Waals surface area contributed by atoms with Crippen molar-refractivity contribution in [2.75, 3.05) is 19.0 Å². The zero-order valence-electron chi connectivity index (χ0n) is 11.7. The fourth-order valence-electron chi connectivity index (χ4n) is 1.73. The minimum Gasteiger partial charge on any atom is -0.363 e. The largest absolute Gasteiger partial charge is 0.363 e. The zero-order valence-corrected chi connectivity index (χ0v) is 13.2. The molecule has 0 bridgehead atoms. The number of hydrogen-bond acceptors (Lipinski definition) is 3. The molecule has 1 aromatic carbocycles. The van der Waals surface area contributed by atoms with E-state index in [-0.39, 0.29) is 11.1 Å². The first-order chi connectivity index (χ1) is 9.95. The highest BCUT2D eigenvalue weighted by Gasteiger charge is 2.10. The van der Waals surface area contributed by atoms with Crippen LogP contribution in [0.25, 0.3) is 0 Å². The maximum Gasteiger partial charge on any atom is 0.251 e. The van der Waals surface area contributed by atoms with Crippen molar-refractivity contribution >= 4 is 34.9 Å². The molecule has 0 unspecified atom stereocenters. The highest BCUT2D eigenvalue weighted by molar-refractivity contribution is 6.30. The van der Waals surface area contributed by atoms with Gasteiger partial charge in [-0.2, -0.15) is 0 Å². The Morgan fingerprint density at radius 3 is 2.48 bits per heavy atom. The van der Waals surface area contributed by atoms with Crippen LogP contribution in [0.2, 0.25) is 10.2 Å². The van der Waals surface area contributed by atoms with Crippen LogP contribution >= 0.6 is 23.2 Å². The summed E-state index contributed by atoms with van der Waals surface area (Å²) in [7, 11) is 3.68.